The number of aromatic nitrogens is 4. The van der Waals surface area contributed by atoms with E-state index < -0.39 is 9.84 Å². The third kappa shape index (κ3) is 5.96. The highest BCUT2D eigenvalue weighted by atomic mass is 32.2. The zero-order valence-electron chi connectivity index (χ0n) is 21.5. The number of sulfone groups is 1. The molecule has 12 heteroatoms. The van der Waals surface area contributed by atoms with Crippen LogP contribution in [-0.2, 0) is 14.6 Å². The van der Waals surface area contributed by atoms with Crippen molar-refractivity contribution in [1.82, 2.24) is 25.1 Å². The molecule has 38 heavy (non-hydrogen) atoms. The number of likely N-dealkylation sites (tertiary alicyclic amines) is 1. The molecule has 0 spiro atoms. The summed E-state index contributed by atoms with van der Waals surface area (Å²) >= 11 is 0. The average molecular weight is 537 g/mol. The van der Waals surface area contributed by atoms with Crippen LogP contribution in [0.2, 0.25) is 0 Å². The van der Waals surface area contributed by atoms with Crippen LogP contribution < -0.4 is 15.5 Å². The molecule has 1 aromatic carbocycles. The Balaban J connectivity index is 1.15. The van der Waals surface area contributed by atoms with Crippen molar-refractivity contribution in [2.45, 2.75) is 42.5 Å². The quantitative estimate of drug-likeness (QED) is 0.352. The summed E-state index contributed by atoms with van der Waals surface area (Å²) in [5.41, 5.74) is 1.92. The fraction of sp³-hybridized carbons (Fsp3) is 0.385. The summed E-state index contributed by atoms with van der Waals surface area (Å²) in [5.74, 6) is 2.29. The predicted octanol–water partition coefficient (Wildman–Crippen LogP) is 3.28. The molecule has 2 aromatic heterocycles. The second kappa shape index (κ2) is 10.4. The summed E-state index contributed by atoms with van der Waals surface area (Å²) in [6.07, 6.45) is 6.89. The molecule has 3 heterocycles. The van der Waals surface area contributed by atoms with Gasteiger partial charge in [-0.1, -0.05) is 12.6 Å². The van der Waals surface area contributed by atoms with Crippen LogP contribution in [-0.4, -0.2) is 71.8 Å². The minimum Gasteiger partial charge on any atom is -0.367 e. The van der Waals surface area contributed by atoms with Crippen LogP contribution in [0.3, 0.4) is 0 Å². The largest absolute Gasteiger partial charge is 0.367 e. The van der Waals surface area contributed by atoms with Crippen LogP contribution in [0.4, 0.5) is 23.3 Å². The van der Waals surface area contributed by atoms with E-state index in [0.717, 1.165) is 30.6 Å². The maximum Gasteiger partial charge on any atom is 0.271 e. The molecular weight excluding hydrogens is 504 g/mol. The number of aromatic amines is 1. The van der Waals surface area contributed by atoms with Crippen molar-refractivity contribution in [2.75, 3.05) is 41.9 Å². The SMILES string of the molecule is C=C(C(=O)Nc1cccc(S(C)(=O)=O)c1)N1CCC(N(C)c2nccc(Nc3cc(C4CC4)[nH]n3)n2)CC1. The Morgan fingerprint density at radius 2 is 1.89 bits per heavy atom. The molecule has 1 saturated heterocycles. The predicted molar refractivity (Wildman–Crippen MR) is 146 cm³/mol. The molecule has 0 radical (unpaired) electrons. The van der Waals surface area contributed by atoms with Gasteiger partial charge in [0, 0.05) is 62.0 Å². The van der Waals surface area contributed by atoms with Gasteiger partial charge in [-0.15, -0.1) is 0 Å². The van der Waals surface area contributed by atoms with Crippen LogP contribution in [0.15, 0.2) is 59.8 Å². The highest BCUT2D eigenvalue weighted by Crippen LogP contribution is 2.39. The first kappa shape index (κ1) is 25.7. The number of hydrogen-bond acceptors (Lipinski definition) is 9. The second-order valence-electron chi connectivity index (χ2n) is 9.88. The minimum absolute atomic E-state index is 0.152. The molecule has 2 aliphatic rings. The Morgan fingerprint density at radius 1 is 1.13 bits per heavy atom. The van der Waals surface area contributed by atoms with Crippen molar-refractivity contribution in [3.05, 3.63) is 60.6 Å². The van der Waals surface area contributed by atoms with Crippen molar-refractivity contribution in [3.8, 4) is 0 Å². The number of nitrogens with zero attached hydrogens (tertiary/aromatic N) is 5. The number of anilines is 4. The fourth-order valence-corrected chi connectivity index (χ4v) is 5.23. The molecule has 1 saturated carbocycles. The van der Waals surface area contributed by atoms with E-state index in [2.05, 4.69) is 42.3 Å². The van der Waals surface area contributed by atoms with Gasteiger partial charge in [0.15, 0.2) is 15.7 Å². The van der Waals surface area contributed by atoms with Gasteiger partial charge >= 0.3 is 0 Å². The van der Waals surface area contributed by atoms with Gasteiger partial charge in [-0.05, 0) is 49.9 Å². The van der Waals surface area contributed by atoms with Crippen LogP contribution >= 0.6 is 0 Å². The lowest BCUT2D eigenvalue weighted by Gasteiger charge is -2.38. The van der Waals surface area contributed by atoms with Gasteiger partial charge in [0.1, 0.15) is 5.82 Å². The summed E-state index contributed by atoms with van der Waals surface area (Å²) in [5, 5.41) is 13.4. The number of H-pyrrole nitrogens is 1. The number of carbonyl (C=O) groups excluding carboxylic acids is 1. The van der Waals surface area contributed by atoms with Crippen molar-refractivity contribution < 1.29 is 13.2 Å². The van der Waals surface area contributed by atoms with Crippen molar-refractivity contribution in [3.63, 3.8) is 0 Å². The number of hydrogen-bond donors (Lipinski definition) is 3. The maximum atomic E-state index is 12.8. The van der Waals surface area contributed by atoms with E-state index in [-0.39, 0.29) is 16.8 Å². The molecule has 11 nitrogen and oxygen atoms in total. The molecule has 0 atom stereocenters. The summed E-state index contributed by atoms with van der Waals surface area (Å²) in [4.78, 5) is 26.1. The van der Waals surface area contributed by atoms with E-state index in [1.165, 1.54) is 25.0 Å². The zero-order chi connectivity index (χ0) is 26.9. The van der Waals surface area contributed by atoms with Crippen LogP contribution in [0.25, 0.3) is 0 Å². The van der Waals surface area contributed by atoms with Crippen LogP contribution in [0.1, 0.15) is 37.3 Å². The molecular formula is C26H32N8O3S. The number of carbonyl (C=O) groups is 1. The van der Waals surface area contributed by atoms with E-state index in [4.69, 9.17) is 0 Å². The van der Waals surface area contributed by atoms with Crippen molar-refractivity contribution in [2.24, 2.45) is 0 Å². The Morgan fingerprint density at radius 3 is 2.61 bits per heavy atom. The van der Waals surface area contributed by atoms with Crippen LogP contribution in [0.5, 0.6) is 0 Å². The monoisotopic (exact) mass is 536 g/mol. The standard InChI is InChI=1S/C26H32N8O3S/c1-17(25(35)28-19-5-4-6-21(15-19)38(3,36)37)34-13-10-20(11-14-34)33(2)26-27-12-9-23(30-26)29-24-16-22(31-32-24)18-7-8-18/h4-6,9,12,15-16,18,20H,1,7-8,10-11,13-14H2,2-3H3,(H,28,35)(H2,27,29,30,31,32). The second-order valence-corrected chi connectivity index (χ2v) is 11.9. The maximum absolute atomic E-state index is 12.8. The molecule has 5 rings (SSSR count). The molecule has 3 N–H and O–H groups in total. The Hall–Kier alpha value is -3.93. The first-order chi connectivity index (χ1) is 18.2. The molecule has 0 unspecified atom stereocenters. The van der Waals surface area contributed by atoms with E-state index >= 15 is 0 Å². The topological polar surface area (TPSA) is 136 Å². The molecule has 2 fully saturated rings. The molecule has 1 aliphatic heterocycles. The van der Waals surface area contributed by atoms with Gasteiger partial charge in [-0.2, -0.15) is 10.1 Å². The van der Waals surface area contributed by atoms with Gasteiger partial charge < -0.3 is 20.4 Å². The van der Waals surface area contributed by atoms with E-state index in [0.29, 0.717) is 42.2 Å². The van der Waals surface area contributed by atoms with E-state index in [9.17, 15) is 13.2 Å². The number of benzene rings is 1. The highest BCUT2D eigenvalue weighted by molar-refractivity contribution is 7.90. The lowest BCUT2D eigenvalue weighted by Crippen LogP contribution is -2.45. The Labute approximate surface area is 222 Å². The van der Waals surface area contributed by atoms with Crippen LogP contribution in [0, 0.1) is 0 Å². The fourth-order valence-electron chi connectivity index (χ4n) is 4.56. The van der Waals surface area contributed by atoms with Gasteiger partial charge in [-0.3, -0.25) is 9.89 Å². The van der Waals surface area contributed by atoms with E-state index in [1.54, 1.807) is 18.3 Å². The molecule has 0 bridgehead atoms. The summed E-state index contributed by atoms with van der Waals surface area (Å²) in [7, 11) is -1.38. The van der Waals surface area contributed by atoms with Gasteiger partial charge in [-0.25, -0.2) is 13.4 Å². The first-order valence-electron chi connectivity index (χ1n) is 12.6. The Kier molecular flexibility index (Phi) is 7.06. The number of nitrogens with one attached hydrogen (secondary N) is 3. The third-order valence-electron chi connectivity index (χ3n) is 7.01. The first-order valence-corrected chi connectivity index (χ1v) is 14.5. The van der Waals surface area contributed by atoms with Crippen molar-refractivity contribution >= 4 is 39.0 Å². The molecule has 1 amide bonds. The zero-order valence-corrected chi connectivity index (χ0v) is 22.3. The number of piperidine rings is 1. The number of rotatable bonds is 9. The molecule has 1 aliphatic carbocycles. The van der Waals surface area contributed by atoms with Gasteiger partial charge in [0.2, 0.25) is 5.95 Å². The van der Waals surface area contributed by atoms with E-state index in [1.807, 2.05) is 24.1 Å². The Bertz CT molecular complexity index is 1440. The summed E-state index contributed by atoms with van der Waals surface area (Å²) in [6, 6.07) is 10.3. The summed E-state index contributed by atoms with van der Waals surface area (Å²) < 4.78 is 23.6. The minimum atomic E-state index is -3.37. The lowest BCUT2D eigenvalue weighted by molar-refractivity contribution is -0.114. The normalized spacial score (nSPS) is 16.2. The van der Waals surface area contributed by atoms with Gasteiger partial charge in [0.05, 0.1) is 10.6 Å². The van der Waals surface area contributed by atoms with Gasteiger partial charge in [0.25, 0.3) is 5.91 Å². The highest BCUT2D eigenvalue weighted by Gasteiger charge is 2.27. The average Bonchev–Trinajstić information content (AvgIpc) is 3.66. The van der Waals surface area contributed by atoms with Crippen molar-refractivity contribution in [1.29, 1.82) is 0 Å². The molecule has 3 aromatic rings. The number of amides is 1. The molecule has 200 valence electrons. The summed E-state index contributed by atoms with van der Waals surface area (Å²) in [6.45, 7) is 5.29. The smallest absolute Gasteiger partial charge is 0.271 e. The third-order valence-corrected chi connectivity index (χ3v) is 8.12. The lowest BCUT2D eigenvalue weighted by atomic mass is 10.0.